The third kappa shape index (κ3) is 2.96. The molecule has 0 atom stereocenters. The van der Waals surface area contributed by atoms with Crippen molar-refractivity contribution in [3.05, 3.63) is 35.7 Å². The second kappa shape index (κ2) is 5.05. The topological polar surface area (TPSA) is 51.0 Å². The third-order valence-electron chi connectivity index (χ3n) is 2.70. The molecular weight excluding hydrogens is 252 g/mol. The van der Waals surface area contributed by atoms with Gasteiger partial charge in [0.1, 0.15) is 11.6 Å². The van der Waals surface area contributed by atoms with Gasteiger partial charge in [-0.05, 0) is 32.5 Å². The molecule has 0 spiro atoms. The summed E-state index contributed by atoms with van der Waals surface area (Å²) in [4.78, 5) is 4.18. The van der Waals surface area contributed by atoms with E-state index < -0.39 is 17.2 Å². The van der Waals surface area contributed by atoms with Crippen LogP contribution in [0.3, 0.4) is 0 Å². The zero-order chi connectivity index (χ0) is 14.0. The molecule has 0 amide bonds. The fraction of sp³-hybridized carbons (Fsp3) is 0.385. The molecule has 4 nitrogen and oxygen atoms in total. The molecule has 1 aromatic heterocycles. The summed E-state index contributed by atoms with van der Waals surface area (Å²) in [5, 5.41) is 6.94. The Morgan fingerprint density at radius 1 is 1.21 bits per heavy atom. The van der Waals surface area contributed by atoms with E-state index in [1.54, 1.807) is 0 Å². The minimum Gasteiger partial charge on any atom is -0.337 e. The zero-order valence-electron chi connectivity index (χ0n) is 11.0. The van der Waals surface area contributed by atoms with E-state index in [0.717, 1.165) is 24.7 Å². The average Bonchev–Trinajstić information content (AvgIpc) is 2.77. The fourth-order valence-electron chi connectivity index (χ4n) is 1.80. The Morgan fingerprint density at radius 3 is 2.42 bits per heavy atom. The van der Waals surface area contributed by atoms with E-state index in [2.05, 4.69) is 15.5 Å². The Hall–Kier alpha value is -1.82. The Balaban J connectivity index is 2.35. The van der Waals surface area contributed by atoms with Crippen LogP contribution in [0.25, 0.3) is 11.4 Å². The van der Waals surface area contributed by atoms with Crippen LogP contribution >= 0.6 is 0 Å². The van der Waals surface area contributed by atoms with Gasteiger partial charge in [-0.1, -0.05) is 12.1 Å². The lowest BCUT2D eigenvalue weighted by Crippen LogP contribution is -2.36. The molecule has 0 aliphatic heterocycles. The molecule has 102 valence electrons. The summed E-state index contributed by atoms with van der Waals surface area (Å²) in [5.74, 6) is -0.812. The van der Waals surface area contributed by atoms with Crippen LogP contribution in [-0.4, -0.2) is 16.7 Å². The normalized spacial score (nSPS) is 11.8. The van der Waals surface area contributed by atoms with E-state index in [1.165, 1.54) is 0 Å². The molecule has 0 saturated carbocycles. The second-order valence-corrected chi connectivity index (χ2v) is 4.74. The van der Waals surface area contributed by atoms with E-state index in [1.807, 2.05) is 20.8 Å². The molecule has 0 aliphatic carbocycles. The molecule has 1 heterocycles. The zero-order valence-corrected chi connectivity index (χ0v) is 11.0. The Morgan fingerprint density at radius 2 is 1.84 bits per heavy atom. The van der Waals surface area contributed by atoms with Crippen molar-refractivity contribution in [2.45, 2.75) is 26.3 Å². The first-order chi connectivity index (χ1) is 8.92. The quantitative estimate of drug-likeness (QED) is 0.925. The summed E-state index contributed by atoms with van der Waals surface area (Å²) in [6.45, 7) is 6.47. The number of aromatic nitrogens is 2. The van der Waals surface area contributed by atoms with Gasteiger partial charge < -0.3 is 9.84 Å². The Labute approximate surface area is 109 Å². The van der Waals surface area contributed by atoms with Crippen molar-refractivity contribution >= 4 is 0 Å². The Kier molecular flexibility index (Phi) is 3.61. The molecule has 1 aromatic carbocycles. The van der Waals surface area contributed by atoms with Gasteiger partial charge in [0.25, 0.3) is 0 Å². The van der Waals surface area contributed by atoms with Crippen LogP contribution in [0.15, 0.2) is 22.7 Å². The maximum Gasteiger partial charge on any atom is 0.246 e. The molecule has 0 unspecified atom stereocenters. The average molecular weight is 267 g/mol. The van der Waals surface area contributed by atoms with Crippen molar-refractivity contribution in [1.29, 1.82) is 0 Å². The van der Waals surface area contributed by atoms with Crippen molar-refractivity contribution in [1.82, 2.24) is 15.5 Å². The number of hydrogen-bond donors (Lipinski definition) is 1. The van der Waals surface area contributed by atoms with Crippen molar-refractivity contribution in [2.75, 3.05) is 6.54 Å². The van der Waals surface area contributed by atoms with Crippen LogP contribution in [0.4, 0.5) is 8.78 Å². The summed E-state index contributed by atoms with van der Waals surface area (Å²) >= 11 is 0. The van der Waals surface area contributed by atoms with Gasteiger partial charge in [0.15, 0.2) is 0 Å². The maximum atomic E-state index is 13.1. The maximum absolute atomic E-state index is 13.1. The van der Waals surface area contributed by atoms with Crippen LogP contribution in [-0.2, 0) is 5.54 Å². The molecule has 0 bridgehead atoms. The van der Waals surface area contributed by atoms with Crippen LogP contribution in [0.5, 0.6) is 0 Å². The van der Waals surface area contributed by atoms with Gasteiger partial charge >= 0.3 is 0 Å². The molecule has 1 N–H and O–H groups in total. The smallest absolute Gasteiger partial charge is 0.246 e. The fourth-order valence-corrected chi connectivity index (χ4v) is 1.80. The van der Waals surface area contributed by atoms with Gasteiger partial charge in [0, 0.05) is 11.6 Å². The molecule has 6 heteroatoms. The van der Waals surface area contributed by atoms with Crippen LogP contribution in [0, 0.1) is 11.6 Å². The van der Waals surface area contributed by atoms with Crippen molar-refractivity contribution in [3.8, 4) is 11.4 Å². The summed E-state index contributed by atoms with van der Waals surface area (Å²) in [7, 11) is 0. The molecule has 0 fully saturated rings. The third-order valence-corrected chi connectivity index (χ3v) is 2.70. The van der Waals surface area contributed by atoms with E-state index in [-0.39, 0.29) is 11.4 Å². The monoisotopic (exact) mass is 267 g/mol. The number of halogens is 2. The molecule has 2 rings (SSSR count). The van der Waals surface area contributed by atoms with E-state index in [0.29, 0.717) is 5.89 Å². The largest absolute Gasteiger partial charge is 0.337 e. The van der Waals surface area contributed by atoms with Crippen molar-refractivity contribution in [3.63, 3.8) is 0 Å². The van der Waals surface area contributed by atoms with Gasteiger partial charge in [0.05, 0.1) is 5.54 Å². The number of rotatable bonds is 4. The van der Waals surface area contributed by atoms with Crippen LogP contribution < -0.4 is 5.32 Å². The minimum atomic E-state index is -0.674. The van der Waals surface area contributed by atoms with Gasteiger partial charge in [0.2, 0.25) is 11.7 Å². The van der Waals surface area contributed by atoms with Gasteiger partial charge in [-0.15, -0.1) is 0 Å². The molecule has 0 aliphatic rings. The highest BCUT2D eigenvalue weighted by Crippen LogP contribution is 2.23. The highest BCUT2D eigenvalue weighted by Gasteiger charge is 2.26. The van der Waals surface area contributed by atoms with Crippen molar-refractivity contribution < 1.29 is 13.3 Å². The first-order valence-electron chi connectivity index (χ1n) is 5.98. The lowest BCUT2D eigenvalue weighted by molar-refractivity contribution is 0.272. The minimum absolute atomic E-state index is 0.166. The first kappa shape index (κ1) is 13.6. The summed E-state index contributed by atoms with van der Waals surface area (Å²) in [6, 6.07) is 3.13. The molecular formula is C13H15F2N3O. The van der Waals surface area contributed by atoms with E-state index >= 15 is 0 Å². The number of hydrogen-bond acceptors (Lipinski definition) is 4. The highest BCUT2D eigenvalue weighted by atomic mass is 19.1. The summed E-state index contributed by atoms with van der Waals surface area (Å²) in [5.41, 5.74) is -0.244. The lowest BCUT2D eigenvalue weighted by Gasteiger charge is -2.20. The number of nitrogens with one attached hydrogen (secondary N) is 1. The molecule has 0 radical (unpaired) electrons. The highest BCUT2D eigenvalue weighted by molar-refractivity contribution is 5.54. The molecule has 19 heavy (non-hydrogen) atoms. The molecule has 0 saturated heterocycles. The van der Waals surface area contributed by atoms with Gasteiger partial charge in [-0.2, -0.15) is 4.98 Å². The second-order valence-electron chi connectivity index (χ2n) is 4.74. The SMILES string of the molecule is CCNC(C)(C)c1nc(-c2cc(F)cc(F)c2)no1. The van der Waals surface area contributed by atoms with E-state index in [4.69, 9.17) is 4.52 Å². The number of benzene rings is 1. The summed E-state index contributed by atoms with van der Waals surface area (Å²) < 4.78 is 31.4. The van der Waals surface area contributed by atoms with Gasteiger partial charge in [-0.25, -0.2) is 8.78 Å². The first-order valence-corrected chi connectivity index (χ1v) is 5.98. The Bertz CT molecular complexity index is 561. The predicted octanol–water partition coefficient (Wildman–Crippen LogP) is 2.86. The van der Waals surface area contributed by atoms with Crippen LogP contribution in [0.1, 0.15) is 26.7 Å². The van der Waals surface area contributed by atoms with E-state index in [9.17, 15) is 8.78 Å². The number of nitrogens with zero attached hydrogens (tertiary/aromatic N) is 2. The predicted molar refractivity (Wildman–Crippen MR) is 66.4 cm³/mol. The van der Waals surface area contributed by atoms with Crippen molar-refractivity contribution in [2.24, 2.45) is 0 Å². The standard InChI is InChI=1S/C13H15F2N3O/c1-4-16-13(2,3)12-17-11(18-19-12)8-5-9(14)7-10(15)6-8/h5-7,16H,4H2,1-3H3. The van der Waals surface area contributed by atoms with Gasteiger partial charge in [-0.3, -0.25) is 0 Å². The lowest BCUT2D eigenvalue weighted by atomic mass is 10.1. The molecule has 2 aromatic rings. The summed E-state index contributed by atoms with van der Waals surface area (Å²) in [6.07, 6.45) is 0. The van der Waals surface area contributed by atoms with Crippen LogP contribution in [0.2, 0.25) is 0 Å².